The van der Waals surface area contributed by atoms with Gasteiger partial charge in [0, 0.05) is 21.2 Å². The van der Waals surface area contributed by atoms with Crippen molar-refractivity contribution in [2.45, 2.75) is 26.5 Å². The predicted octanol–water partition coefficient (Wildman–Crippen LogP) is 7.22. The zero-order valence-electron chi connectivity index (χ0n) is 20.3. The summed E-state index contributed by atoms with van der Waals surface area (Å²) < 4.78 is 5.96. The molecule has 7 heteroatoms. The molecule has 0 spiro atoms. The van der Waals surface area contributed by atoms with Crippen LogP contribution in [-0.2, 0) is 16.2 Å². The number of carbonyl (C=O) groups is 2. The average Bonchev–Trinajstić information content (AvgIpc) is 3.52. The van der Waals surface area contributed by atoms with Crippen molar-refractivity contribution in [2.75, 3.05) is 4.90 Å². The van der Waals surface area contributed by atoms with Gasteiger partial charge in [-0.2, -0.15) is 0 Å². The van der Waals surface area contributed by atoms with Crippen molar-refractivity contribution < 1.29 is 19.4 Å². The first-order chi connectivity index (χ1) is 17.8. The molecule has 2 heterocycles. The fourth-order valence-electron chi connectivity index (χ4n) is 4.49. The summed E-state index contributed by atoms with van der Waals surface area (Å²) in [4.78, 5) is 28.9. The second-order valence-electron chi connectivity index (χ2n) is 8.87. The van der Waals surface area contributed by atoms with Crippen molar-refractivity contribution in [2.24, 2.45) is 0 Å². The zero-order valence-corrected chi connectivity index (χ0v) is 21.8. The van der Waals surface area contributed by atoms with E-state index in [0.29, 0.717) is 28.6 Å². The van der Waals surface area contributed by atoms with Gasteiger partial charge in [-0.15, -0.1) is 11.3 Å². The molecular formula is C30H24ClNO4S. The summed E-state index contributed by atoms with van der Waals surface area (Å²) in [5, 5.41) is 13.7. The highest BCUT2D eigenvalue weighted by Gasteiger charge is 2.47. The number of hydrogen-bond donors (Lipinski definition) is 1. The number of thiophene rings is 1. The Bertz CT molecular complexity index is 1510. The zero-order chi connectivity index (χ0) is 26.1. The number of nitrogens with zero attached hydrogens (tertiary/aromatic N) is 1. The second-order valence-corrected chi connectivity index (χ2v) is 10.3. The fourth-order valence-corrected chi connectivity index (χ4v) is 5.48. The standard InChI is InChI=1S/C30H24ClNO4S/c1-18-10-12-22(31)16-23(18)32-27(25-9-6-14-37-25)26(29(34)30(32)35)28(33)21-11-13-24(19(2)15-21)36-17-20-7-4-3-5-8-20/h3-16,27,33H,17H2,1-2H3/b28-26-. The molecule has 1 aliphatic rings. The fraction of sp³-hybridized carbons (Fsp3) is 0.133. The molecule has 37 heavy (non-hydrogen) atoms. The minimum atomic E-state index is -0.772. The first-order valence-corrected chi connectivity index (χ1v) is 13.0. The summed E-state index contributed by atoms with van der Waals surface area (Å²) in [6, 6.07) is 23.2. The number of aliphatic hydroxyl groups is 1. The van der Waals surface area contributed by atoms with Crippen LogP contribution in [0.5, 0.6) is 5.75 Å². The topological polar surface area (TPSA) is 66.8 Å². The molecule has 1 unspecified atom stereocenters. The summed E-state index contributed by atoms with van der Waals surface area (Å²) in [7, 11) is 0. The average molecular weight is 530 g/mol. The van der Waals surface area contributed by atoms with Crippen molar-refractivity contribution in [3.8, 4) is 5.75 Å². The summed E-state index contributed by atoms with van der Waals surface area (Å²) in [5.41, 5.74) is 3.65. The van der Waals surface area contributed by atoms with Gasteiger partial charge in [-0.1, -0.05) is 54.1 Å². The molecule has 0 radical (unpaired) electrons. The van der Waals surface area contributed by atoms with Crippen LogP contribution in [0.3, 0.4) is 0 Å². The molecule has 186 valence electrons. The maximum absolute atomic E-state index is 13.4. The summed E-state index contributed by atoms with van der Waals surface area (Å²) in [6.45, 7) is 4.14. The highest BCUT2D eigenvalue weighted by atomic mass is 35.5. The van der Waals surface area contributed by atoms with Crippen molar-refractivity contribution in [1.82, 2.24) is 0 Å². The Morgan fingerprint density at radius 3 is 2.46 bits per heavy atom. The molecule has 4 aromatic rings. The molecule has 5 nitrogen and oxygen atoms in total. The molecule has 1 amide bonds. The van der Waals surface area contributed by atoms with E-state index in [1.54, 1.807) is 36.4 Å². The van der Waals surface area contributed by atoms with Crippen molar-refractivity contribution >= 4 is 46.1 Å². The third-order valence-corrected chi connectivity index (χ3v) is 7.53. The molecule has 1 aromatic heterocycles. The summed E-state index contributed by atoms with van der Waals surface area (Å²) >= 11 is 7.67. The molecule has 1 atom stereocenters. The molecule has 1 saturated heterocycles. The number of ketones is 1. The van der Waals surface area contributed by atoms with Crippen LogP contribution in [0.25, 0.3) is 5.76 Å². The molecule has 1 fully saturated rings. The highest BCUT2D eigenvalue weighted by molar-refractivity contribution is 7.10. The van der Waals surface area contributed by atoms with Crippen LogP contribution in [0.2, 0.25) is 5.02 Å². The normalized spacial score (nSPS) is 16.8. The van der Waals surface area contributed by atoms with Crippen LogP contribution in [-0.4, -0.2) is 16.8 Å². The first kappa shape index (κ1) is 24.8. The molecule has 1 N–H and O–H groups in total. The third-order valence-electron chi connectivity index (χ3n) is 6.37. The van der Waals surface area contributed by atoms with Gasteiger partial charge in [0.1, 0.15) is 24.2 Å². The molecule has 3 aromatic carbocycles. The SMILES string of the molecule is Cc1cc(/C(O)=C2/C(=O)C(=O)N(c3cc(Cl)ccc3C)C2c2cccs2)ccc1OCc1ccccc1. The van der Waals surface area contributed by atoms with Crippen LogP contribution >= 0.6 is 22.9 Å². The van der Waals surface area contributed by atoms with E-state index in [2.05, 4.69) is 0 Å². The van der Waals surface area contributed by atoms with Crippen LogP contribution in [0, 0.1) is 13.8 Å². The highest BCUT2D eigenvalue weighted by Crippen LogP contribution is 2.45. The number of Topliss-reactive ketones (excluding diaryl/α,β-unsaturated/α-hetero) is 1. The largest absolute Gasteiger partial charge is 0.507 e. The van der Waals surface area contributed by atoms with E-state index in [4.69, 9.17) is 16.3 Å². The summed E-state index contributed by atoms with van der Waals surface area (Å²) in [5.74, 6) is -0.996. The van der Waals surface area contributed by atoms with Gasteiger partial charge in [0.05, 0.1) is 5.57 Å². The lowest BCUT2D eigenvalue weighted by molar-refractivity contribution is -0.132. The van der Waals surface area contributed by atoms with Crippen LogP contribution < -0.4 is 9.64 Å². The number of carbonyl (C=O) groups excluding carboxylic acids is 2. The predicted molar refractivity (Wildman–Crippen MR) is 147 cm³/mol. The Kier molecular flexibility index (Phi) is 6.87. The maximum atomic E-state index is 13.4. The summed E-state index contributed by atoms with van der Waals surface area (Å²) in [6.07, 6.45) is 0. The van der Waals surface area contributed by atoms with Gasteiger partial charge in [-0.05, 0) is 72.3 Å². The van der Waals surface area contributed by atoms with Crippen LogP contribution in [0.15, 0.2) is 89.8 Å². The second kappa shape index (κ2) is 10.2. The van der Waals surface area contributed by atoms with Gasteiger partial charge in [0.25, 0.3) is 11.7 Å². The Labute approximate surface area is 224 Å². The lowest BCUT2D eigenvalue weighted by Gasteiger charge is -2.26. The van der Waals surface area contributed by atoms with E-state index >= 15 is 0 Å². The van der Waals surface area contributed by atoms with Crippen LogP contribution in [0.1, 0.15) is 33.2 Å². The van der Waals surface area contributed by atoms with Crippen molar-refractivity contribution in [3.05, 3.63) is 122 Å². The minimum absolute atomic E-state index is 0.0455. The molecule has 5 rings (SSSR count). The van der Waals surface area contributed by atoms with E-state index in [9.17, 15) is 14.7 Å². The smallest absolute Gasteiger partial charge is 0.300 e. The monoisotopic (exact) mass is 529 g/mol. The van der Waals surface area contributed by atoms with Crippen LogP contribution in [0.4, 0.5) is 5.69 Å². The van der Waals surface area contributed by atoms with Gasteiger partial charge in [0.2, 0.25) is 0 Å². The Balaban J connectivity index is 1.55. The van der Waals surface area contributed by atoms with E-state index < -0.39 is 17.7 Å². The van der Waals surface area contributed by atoms with Crippen molar-refractivity contribution in [1.29, 1.82) is 0 Å². The number of halogens is 1. The maximum Gasteiger partial charge on any atom is 0.300 e. The van der Waals surface area contributed by atoms with E-state index in [-0.39, 0.29) is 11.3 Å². The number of hydrogen-bond acceptors (Lipinski definition) is 5. The van der Waals surface area contributed by atoms with Gasteiger partial charge >= 0.3 is 0 Å². The number of aryl methyl sites for hydroxylation is 2. The number of aliphatic hydroxyl groups excluding tert-OH is 1. The number of rotatable bonds is 6. The van der Waals surface area contributed by atoms with E-state index in [1.165, 1.54) is 16.2 Å². The Hall–Kier alpha value is -3.87. The number of amides is 1. The minimum Gasteiger partial charge on any atom is -0.507 e. The lowest BCUT2D eigenvalue weighted by Crippen LogP contribution is -2.29. The molecule has 0 saturated carbocycles. The quantitative estimate of drug-likeness (QED) is 0.163. The number of ether oxygens (including phenoxy) is 1. The molecular weight excluding hydrogens is 506 g/mol. The lowest BCUT2D eigenvalue weighted by atomic mass is 9.98. The number of benzene rings is 3. The number of anilines is 1. The van der Waals surface area contributed by atoms with Gasteiger partial charge < -0.3 is 9.84 Å². The van der Waals surface area contributed by atoms with E-state index in [0.717, 1.165) is 21.6 Å². The Morgan fingerprint density at radius 1 is 0.973 bits per heavy atom. The third kappa shape index (κ3) is 4.78. The first-order valence-electron chi connectivity index (χ1n) is 11.7. The molecule has 1 aliphatic heterocycles. The Morgan fingerprint density at radius 2 is 1.76 bits per heavy atom. The van der Waals surface area contributed by atoms with Crippen molar-refractivity contribution in [3.63, 3.8) is 0 Å². The molecule has 0 bridgehead atoms. The van der Waals surface area contributed by atoms with Gasteiger partial charge in [-0.3, -0.25) is 14.5 Å². The molecule has 0 aliphatic carbocycles. The van der Waals surface area contributed by atoms with E-state index in [1.807, 2.05) is 61.7 Å². The van der Waals surface area contributed by atoms with Gasteiger partial charge in [-0.25, -0.2) is 0 Å². The van der Waals surface area contributed by atoms with Gasteiger partial charge in [0.15, 0.2) is 0 Å².